The molecule has 0 aliphatic heterocycles. The first-order valence-corrected chi connectivity index (χ1v) is 5.28. The summed E-state index contributed by atoms with van der Waals surface area (Å²) in [6.07, 6.45) is -4.33. The Hall–Kier alpha value is -2.04. The third kappa shape index (κ3) is 2.45. The first kappa shape index (κ1) is 12.4. The van der Waals surface area contributed by atoms with Crippen molar-refractivity contribution in [2.75, 3.05) is 5.73 Å². The van der Waals surface area contributed by atoms with Gasteiger partial charge >= 0.3 is 6.18 Å². The predicted octanol–water partition coefficient (Wildman–Crippen LogP) is 3.66. The molecule has 2 nitrogen and oxygen atoms in total. The van der Waals surface area contributed by atoms with E-state index in [4.69, 9.17) is 5.73 Å². The molecule has 18 heavy (non-hydrogen) atoms. The standard InChI is InChI=1S/C13H11F3N2/c1-8-2-7-11(17)12(18-8)9-3-5-10(6-4-9)13(14,15)16/h2-7H,17H2,1H3. The minimum absolute atomic E-state index is 0.445. The molecule has 1 aromatic heterocycles. The fourth-order valence-corrected chi connectivity index (χ4v) is 1.62. The molecule has 0 saturated heterocycles. The second-order valence-electron chi connectivity index (χ2n) is 3.97. The lowest BCUT2D eigenvalue weighted by Gasteiger charge is -2.09. The maximum atomic E-state index is 12.4. The zero-order chi connectivity index (χ0) is 13.3. The average Bonchev–Trinajstić information content (AvgIpc) is 2.31. The van der Waals surface area contributed by atoms with Crippen LogP contribution in [0.5, 0.6) is 0 Å². The molecule has 5 heteroatoms. The highest BCUT2D eigenvalue weighted by molar-refractivity contribution is 5.72. The number of rotatable bonds is 1. The van der Waals surface area contributed by atoms with E-state index < -0.39 is 11.7 Å². The van der Waals surface area contributed by atoms with Crippen LogP contribution in [-0.2, 0) is 6.18 Å². The third-order valence-corrected chi connectivity index (χ3v) is 2.55. The van der Waals surface area contributed by atoms with Crippen LogP contribution in [0, 0.1) is 6.92 Å². The molecule has 0 amide bonds. The van der Waals surface area contributed by atoms with Gasteiger partial charge in [-0.25, -0.2) is 0 Å². The molecule has 2 aromatic rings. The predicted molar refractivity (Wildman–Crippen MR) is 63.8 cm³/mol. The van der Waals surface area contributed by atoms with Crippen LogP contribution >= 0.6 is 0 Å². The largest absolute Gasteiger partial charge is 0.416 e. The Bertz CT molecular complexity index is 559. The van der Waals surface area contributed by atoms with Crippen LogP contribution in [0.1, 0.15) is 11.3 Å². The van der Waals surface area contributed by atoms with Crippen LogP contribution in [-0.4, -0.2) is 4.98 Å². The first-order chi connectivity index (χ1) is 8.38. The molecule has 0 atom stereocenters. The Morgan fingerprint density at radius 3 is 2.17 bits per heavy atom. The van der Waals surface area contributed by atoms with Crippen molar-refractivity contribution in [3.05, 3.63) is 47.7 Å². The average molecular weight is 252 g/mol. The van der Waals surface area contributed by atoms with E-state index in [-0.39, 0.29) is 0 Å². The molecule has 2 rings (SSSR count). The summed E-state index contributed by atoms with van der Waals surface area (Å²) in [7, 11) is 0. The minimum atomic E-state index is -4.33. The van der Waals surface area contributed by atoms with E-state index in [9.17, 15) is 13.2 Å². The van der Waals surface area contributed by atoms with Gasteiger partial charge in [-0.05, 0) is 31.2 Å². The molecule has 0 fully saturated rings. The Labute approximate surface area is 102 Å². The molecule has 0 radical (unpaired) electrons. The summed E-state index contributed by atoms with van der Waals surface area (Å²) in [5, 5.41) is 0. The number of aryl methyl sites for hydroxylation is 1. The Morgan fingerprint density at radius 1 is 1.00 bits per heavy atom. The number of pyridine rings is 1. The number of alkyl halides is 3. The second kappa shape index (κ2) is 4.33. The van der Waals surface area contributed by atoms with Crippen molar-refractivity contribution in [2.24, 2.45) is 0 Å². The number of halogens is 3. The van der Waals surface area contributed by atoms with Crippen LogP contribution in [0.3, 0.4) is 0 Å². The molecular formula is C13H11F3N2. The molecular weight excluding hydrogens is 241 g/mol. The van der Waals surface area contributed by atoms with E-state index in [2.05, 4.69) is 4.98 Å². The van der Waals surface area contributed by atoms with Gasteiger partial charge in [-0.1, -0.05) is 12.1 Å². The lowest BCUT2D eigenvalue weighted by atomic mass is 10.1. The van der Waals surface area contributed by atoms with Gasteiger partial charge in [-0.2, -0.15) is 13.2 Å². The monoisotopic (exact) mass is 252 g/mol. The van der Waals surface area contributed by atoms with E-state index in [1.54, 1.807) is 19.1 Å². The van der Waals surface area contributed by atoms with Gasteiger partial charge in [0.15, 0.2) is 0 Å². The van der Waals surface area contributed by atoms with Crippen LogP contribution < -0.4 is 5.73 Å². The highest BCUT2D eigenvalue weighted by Gasteiger charge is 2.30. The summed E-state index contributed by atoms with van der Waals surface area (Å²) in [5.41, 5.74) is 7.36. The summed E-state index contributed by atoms with van der Waals surface area (Å²) < 4.78 is 37.3. The number of hydrogen-bond acceptors (Lipinski definition) is 2. The summed E-state index contributed by atoms with van der Waals surface area (Å²) in [5.74, 6) is 0. The number of benzene rings is 1. The number of anilines is 1. The molecule has 1 heterocycles. The number of nitrogens with zero attached hydrogens (tertiary/aromatic N) is 1. The first-order valence-electron chi connectivity index (χ1n) is 5.28. The van der Waals surface area contributed by atoms with Crippen molar-refractivity contribution in [2.45, 2.75) is 13.1 Å². The number of nitrogens with two attached hydrogens (primary N) is 1. The van der Waals surface area contributed by atoms with E-state index in [0.717, 1.165) is 17.8 Å². The SMILES string of the molecule is Cc1ccc(N)c(-c2ccc(C(F)(F)F)cc2)n1. The van der Waals surface area contributed by atoms with Gasteiger partial charge in [0.25, 0.3) is 0 Å². The Balaban J connectivity index is 2.43. The molecule has 0 unspecified atom stereocenters. The maximum Gasteiger partial charge on any atom is 0.416 e. The van der Waals surface area contributed by atoms with Crippen LogP contribution in [0.2, 0.25) is 0 Å². The molecule has 0 saturated carbocycles. The molecule has 1 aromatic carbocycles. The number of aromatic nitrogens is 1. The molecule has 0 spiro atoms. The molecule has 2 N–H and O–H groups in total. The van der Waals surface area contributed by atoms with Crippen molar-refractivity contribution in [1.82, 2.24) is 4.98 Å². The Morgan fingerprint density at radius 2 is 1.61 bits per heavy atom. The highest BCUT2D eigenvalue weighted by atomic mass is 19.4. The minimum Gasteiger partial charge on any atom is -0.397 e. The number of nitrogen functional groups attached to an aromatic ring is 1. The fourth-order valence-electron chi connectivity index (χ4n) is 1.62. The zero-order valence-corrected chi connectivity index (χ0v) is 9.62. The van der Waals surface area contributed by atoms with Crippen molar-refractivity contribution in [3.8, 4) is 11.3 Å². The topological polar surface area (TPSA) is 38.9 Å². The second-order valence-corrected chi connectivity index (χ2v) is 3.97. The third-order valence-electron chi connectivity index (χ3n) is 2.55. The van der Waals surface area contributed by atoms with Crippen LogP contribution in [0.25, 0.3) is 11.3 Å². The Kier molecular flexibility index (Phi) is 2.98. The molecule has 0 bridgehead atoms. The molecule has 0 aliphatic carbocycles. The van der Waals surface area contributed by atoms with Gasteiger partial charge in [0.1, 0.15) is 0 Å². The summed E-state index contributed by atoms with van der Waals surface area (Å²) in [6.45, 7) is 1.80. The van der Waals surface area contributed by atoms with Crippen molar-refractivity contribution >= 4 is 5.69 Å². The molecule has 94 valence electrons. The smallest absolute Gasteiger partial charge is 0.397 e. The maximum absolute atomic E-state index is 12.4. The zero-order valence-electron chi connectivity index (χ0n) is 9.62. The van der Waals surface area contributed by atoms with E-state index in [0.29, 0.717) is 16.9 Å². The van der Waals surface area contributed by atoms with Crippen molar-refractivity contribution in [1.29, 1.82) is 0 Å². The van der Waals surface area contributed by atoms with Crippen LogP contribution in [0.4, 0.5) is 18.9 Å². The summed E-state index contributed by atoms with van der Waals surface area (Å²) in [6, 6.07) is 8.25. The summed E-state index contributed by atoms with van der Waals surface area (Å²) in [4.78, 5) is 4.23. The van der Waals surface area contributed by atoms with Gasteiger partial charge in [-0.15, -0.1) is 0 Å². The lowest BCUT2D eigenvalue weighted by molar-refractivity contribution is -0.137. The van der Waals surface area contributed by atoms with Crippen molar-refractivity contribution in [3.63, 3.8) is 0 Å². The van der Waals surface area contributed by atoms with E-state index >= 15 is 0 Å². The van der Waals surface area contributed by atoms with E-state index in [1.807, 2.05) is 0 Å². The van der Waals surface area contributed by atoms with E-state index in [1.165, 1.54) is 12.1 Å². The number of hydrogen-bond donors (Lipinski definition) is 1. The lowest BCUT2D eigenvalue weighted by Crippen LogP contribution is -2.04. The van der Waals surface area contributed by atoms with Crippen molar-refractivity contribution < 1.29 is 13.2 Å². The van der Waals surface area contributed by atoms with Gasteiger partial charge in [-0.3, -0.25) is 4.98 Å². The highest BCUT2D eigenvalue weighted by Crippen LogP contribution is 2.31. The molecule has 0 aliphatic rings. The quantitative estimate of drug-likeness (QED) is 0.841. The van der Waals surface area contributed by atoms with Gasteiger partial charge in [0.05, 0.1) is 16.9 Å². The van der Waals surface area contributed by atoms with Gasteiger partial charge < -0.3 is 5.73 Å². The van der Waals surface area contributed by atoms with Crippen LogP contribution in [0.15, 0.2) is 36.4 Å². The van der Waals surface area contributed by atoms with Gasteiger partial charge in [0.2, 0.25) is 0 Å². The fraction of sp³-hybridized carbons (Fsp3) is 0.154. The normalized spacial score (nSPS) is 11.6. The van der Waals surface area contributed by atoms with Gasteiger partial charge in [0, 0.05) is 11.3 Å². The summed E-state index contributed by atoms with van der Waals surface area (Å²) >= 11 is 0.